The van der Waals surface area contributed by atoms with E-state index in [1.807, 2.05) is 39.0 Å². The molecule has 1 aromatic carbocycles. The molecular weight excluding hydrogens is 380 g/mol. The van der Waals surface area contributed by atoms with Gasteiger partial charge in [-0.1, -0.05) is 31.5 Å². The standard InChI is InChI=1S/C24H30N2O4/c1-6-25(7-2)12-13-26-21(19-11-10-17(5)30-19)20(23(28)24(26)29)22(27)18-14-15(3)8-9-16(18)4/h8-11,14,21,27H,6-7,12-13H2,1-5H3/b22-20+. The minimum atomic E-state index is -0.742. The summed E-state index contributed by atoms with van der Waals surface area (Å²) in [7, 11) is 0. The highest BCUT2D eigenvalue weighted by Crippen LogP contribution is 2.40. The van der Waals surface area contributed by atoms with E-state index in [2.05, 4.69) is 18.7 Å². The number of Topliss-reactive ketones (excluding diaryl/α,β-unsaturated/α-hetero) is 1. The summed E-state index contributed by atoms with van der Waals surface area (Å²) >= 11 is 0. The summed E-state index contributed by atoms with van der Waals surface area (Å²) in [4.78, 5) is 29.7. The molecule has 1 amide bonds. The summed E-state index contributed by atoms with van der Waals surface area (Å²) in [6.45, 7) is 12.5. The molecule has 1 unspecified atom stereocenters. The molecule has 0 saturated carbocycles. The Morgan fingerprint density at radius 2 is 1.80 bits per heavy atom. The zero-order valence-corrected chi connectivity index (χ0v) is 18.4. The van der Waals surface area contributed by atoms with Gasteiger partial charge in [-0.05, 0) is 57.6 Å². The zero-order valence-electron chi connectivity index (χ0n) is 18.4. The fraction of sp³-hybridized carbons (Fsp3) is 0.417. The quantitative estimate of drug-likeness (QED) is 0.425. The number of ketones is 1. The molecule has 1 aliphatic rings. The lowest BCUT2D eigenvalue weighted by Gasteiger charge is -2.26. The minimum Gasteiger partial charge on any atom is -0.507 e. The molecule has 0 bridgehead atoms. The SMILES string of the molecule is CCN(CC)CCN1C(=O)C(=O)/C(=C(/O)c2cc(C)ccc2C)C1c1ccc(C)o1. The van der Waals surface area contributed by atoms with E-state index in [1.165, 1.54) is 4.90 Å². The summed E-state index contributed by atoms with van der Waals surface area (Å²) in [5.74, 6) is -0.261. The van der Waals surface area contributed by atoms with Crippen molar-refractivity contribution in [3.8, 4) is 0 Å². The van der Waals surface area contributed by atoms with Crippen molar-refractivity contribution >= 4 is 17.4 Å². The van der Waals surface area contributed by atoms with E-state index in [-0.39, 0.29) is 11.3 Å². The Balaban J connectivity index is 2.11. The van der Waals surface area contributed by atoms with Crippen molar-refractivity contribution in [3.63, 3.8) is 0 Å². The Labute approximate surface area is 177 Å². The second kappa shape index (κ2) is 8.88. The second-order valence-electron chi connectivity index (χ2n) is 7.79. The van der Waals surface area contributed by atoms with Crippen molar-refractivity contribution in [2.45, 2.75) is 40.7 Å². The topological polar surface area (TPSA) is 74.0 Å². The molecule has 0 radical (unpaired) electrons. The number of rotatable bonds is 7. The lowest BCUT2D eigenvalue weighted by Crippen LogP contribution is -2.37. The monoisotopic (exact) mass is 410 g/mol. The Kier molecular flexibility index (Phi) is 6.46. The van der Waals surface area contributed by atoms with E-state index in [0.717, 1.165) is 24.2 Å². The van der Waals surface area contributed by atoms with Crippen molar-refractivity contribution in [2.24, 2.45) is 0 Å². The Morgan fingerprint density at radius 3 is 2.40 bits per heavy atom. The maximum Gasteiger partial charge on any atom is 0.295 e. The number of carbonyl (C=O) groups excluding carboxylic acids is 2. The third kappa shape index (κ3) is 4.05. The second-order valence-corrected chi connectivity index (χ2v) is 7.79. The van der Waals surface area contributed by atoms with Crippen LogP contribution in [0.2, 0.25) is 0 Å². The van der Waals surface area contributed by atoms with Crippen LogP contribution in [0.5, 0.6) is 0 Å². The molecule has 2 heterocycles. The third-order valence-electron chi connectivity index (χ3n) is 5.77. The Hall–Kier alpha value is -2.86. The van der Waals surface area contributed by atoms with Crippen LogP contribution in [0.25, 0.3) is 5.76 Å². The molecular formula is C24H30N2O4. The number of carbonyl (C=O) groups is 2. The summed E-state index contributed by atoms with van der Waals surface area (Å²) in [6.07, 6.45) is 0. The van der Waals surface area contributed by atoms with Gasteiger partial charge < -0.3 is 19.3 Å². The van der Waals surface area contributed by atoms with Crippen molar-refractivity contribution in [2.75, 3.05) is 26.2 Å². The van der Waals surface area contributed by atoms with E-state index in [4.69, 9.17) is 4.42 Å². The van der Waals surface area contributed by atoms with Crippen LogP contribution in [0.1, 0.15) is 48.1 Å². The minimum absolute atomic E-state index is 0.0857. The van der Waals surface area contributed by atoms with E-state index in [9.17, 15) is 14.7 Å². The third-order valence-corrected chi connectivity index (χ3v) is 5.77. The van der Waals surface area contributed by atoms with Crippen LogP contribution < -0.4 is 0 Å². The summed E-state index contributed by atoms with van der Waals surface area (Å²) in [5, 5.41) is 11.2. The lowest BCUT2D eigenvalue weighted by atomic mass is 9.96. The van der Waals surface area contributed by atoms with Gasteiger partial charge in [0.05, 0.1) is 5.57 Å². The molecule has 1 fully saturated rings. The fourth-order valence-electron chi connectivity index (χ4n) is 3.93. The molecule has 0 aliphatic carbocycles. The highest BCUT2D eigenvalue weighted by molar-refractivity contribution is 6.46. The van der Waals surface area contributed by atoms with Gasteiger partial charge in [-0.2, -0.15) is 0 Å². The molecule has 0 spiro atoms. The number of hydrogen-bond acceptors (Lipinski definition) is 5. The van der Waals surface area contributed by atoms with Crippen molar-refractivity contribution in [3.05, 3.63) is 64.1 Å². The first kappa shape index (κ1) is 21.8. The van der Waals surface area contributed by atoms with E-state index in [0.29, 0.717) is 30.2 Å². The average molecular weight is 411 g/mol. The van der Waals surface area contributed by atoms with Crippen LogP contribution in [-0.4, -0.2) is 52.8 Å². The van der Waals surface area contributed by atoms with Gasteiger partial charge in [-0.25, -0.2) is 0 Å². The van der Waals surface area contributed by atoms with Gasteiger partial charge in [0.15, 0.2) is 0 Å². The van der Waals surface area contributed by atoms with E-state index < -0.39 is 17.7 Å². The van der Waals surface area contributed by atoms with Crippen LogP contribution in [0, 0.1) is 20.8 Å². The van der Waals surface area contributed by atoms with Gasteiger partial charge in [0.2, 0.25) is 0 Å². The number of aliphatic hydroxyl groups excluding tert-OH is 1. The maximum absolute atomic E-state index is 13.0. The number of furan rings is 1. The van der Waals surface area contributed by atoms with E-state index >= 15 is 0 Å². The van der Waals surface area contributed by atoms with Gasteiger partial charge in [-0.15, -0.1) is 0 Å². The number of likely N-dealkylation sites (N-methyl/N-ethyl adjacent to an activating group) is 1. The largest absolute Gasteiger partial charge is 0.507 e. The van der Waals surface area contributed by atoms with Crippen molar-refractivity contribution < 1.29 is 19.1 Å². The first-order chi connectivity index (χ1) is 14.3. The molecule has 3 rings (SSSR count). The number of benzene rings is 1. The molecule has 6 nitrogen and oxygen atoms in total. The maximum atomic E-state index is 13.0. The number of amides is 1. The van der Waals surface area contributed by atoms with Gasteiger partial charge in [0.25, 0.3) is 11.7 Å². The summed E-state index contributed by atoms with van der Waals surface area (Å²) in [6, 6.07) is 8.51. The van der Waals surface area contributed by atoms with Gasteiger partial charge >= 0.3 is 0 Å². The smallest absolute Gasteiger partial charge is 0.295 e. The number of aryl methyl sites for hydroxylation is 3. The molecule has 1 aromatic heterocycles. The number of nitrogens with zero attached hydrogens (tertiary/aromatic N) is 2. The predicted molar refractivity (Wildman–Crippen MR) is 116 cm³/mol. The fourth-order valence-corrected chi connectivity index (χ4v) is 3.93. The molecule has 30 heavy (non-hydrogen) atoms. The first-order valence-electron chi connectivity index (χ1n) is 10.4. The van der Waals surface area contributed by atoms with Crippen molar-refractivity contribution in [1.82, 2.24) is 9.80 Å². The number of likely N-dealkylation sites (tertiary alicyclic amines) is 1. The first-order valence-corrected chi connectivity index (χ1v) is 10.4. The van der Waals surface area contributed by atoms with Gasteiger partial charge in [0, 0.05) is 18.7 Å². The summed E-state index contributed by atoms with van der Waals surface area (Å²) in [5.41, 5.74) is 2.44. The van der Waals surface area contributed by atoms with Crippen LogP contribution in [-0.2, 0) is 9.59 Å². The van der Waals surface area contributed by atoms with Gasteiger partial charge in [-0.3, -0.25) is 9.59 Å². The molecule has 1 atom stereocenters. The molecule has 1 saturated heterocycles. The number of hydrogen-bond donors (Lipinski definition) is 1. The van der Waals surface area contributed by atoms with Crippen LogP contribution in [0.4, 0.5) is 0 Å². The van der Waals surface area contributed by atoms with Crippen LogP contribution in [0.15, 0.2) is 40.3 Å². The predicted octanol–water partition coefficient (Wildman–Crippen LogP) is 3.97. The van der Waals surface area contributed by atoms with Gasteiger partial charge in [0.1, 0.15) is 23.3 Å². The molecule has 160 valence electrons. The highest BCUT2D eigenvalue weighted by Gasteiger charge is 2.47. The molecule has 1 aliphatic heterocycles. The summed E-state index contributed by atoms with van der Waals surface area (Å²) < 4.78 is 5.82. The van der Waals surface area contributed by atoms with Crippen LogP contribution >= 0.6 is 0 Å². The van der Waals surface area contributed by atoms with Crippen molar-refractivity contribution in [1.29, 1.82) is 0 Å². The Morgan fingerprint density at radius 1 is 1.10 bits per heavy atom. The lowest BCUT2D eigenvalue weighted by molar-refractivity contribution is -0.140. The molecule has 6 heteroatoms. The molecule has 2 aromatic rings. The van der Waals surface area contributed by atoms with E-state index in [1.54, 1.807) is 12.1 Å². The zero-order chi connectivity index (χ0) is 22.0. The average Bonchev–Trinajstić information content (AvgIpc) is 3.26. The number of aliphatic hydroxyl groups is 1. The Bertz CT molecular complexity index is 985. The highest BCUT2D eigenvalue weighted by atomic mass is 16.3. The van der Waals surface area contributed by atoms with Crippen LogP contribution in [0.3, 0.4) is 0 Å². The normalized spacial score (nSPS) is 18.6. The molecule has 1 N–H and O–H groups in total.